The number of rotatable bonds is 9. The number of ether oxygens (including phenoxy) is 2. The second-order valence-corrected chi connectivity index (χ2v) is 8.92. The molecule has 1 aromatic heterocycles. The zero-order valence-corrected chi connectivity index (χ0v) is 19.3. The van der Waals surface area contributed by atoms with Gasteiger partial charge in [0.1, 0.15) is 18.5 Å². The maximum Gasteiger partial charge on any atom is 0.409 e. The molecule has 0 aromatic carbocycles. The van der Waals surface area contributed by atoms with Crippen molar-refractivity contribution >= 4 is 11.8 Å². The number of aromatic nitrogens is 1. The summed E-state index contributed by atoms with van der Waals surface area (Å²) in [7, 11) is 3.09. The van der Waals surface area contributed by atoms with Gasteiger partial charge < -0.3 is 25.1 Å². The highest BCUT2D eigenvalue weighted by Gasteiger charge is 2.30. The highest BCUT2D eigenvalue weighted by molar-refractivity contribution is 5.68. The number of carbonyl (C=O) groups is 1. The predicted molar refractivity (Wildman–Crippen MR) is 121 cm³/mol. The van der Waals surface area contributed by atoms with Crippen LogP contribution in [0.2, 0.25) is 0 Å². The lowest BCUT2D eigenvalue weighted by Gasteiger charge is -2.25. The van der Waals surface area contributed by atoms with Crippen molar-refractivity contribution in [3.05, 3.63) is 29.2 Å². The molecule has 9 heteroatoms. The van der Waals surface area contributed by atoms with Crippen molar-refractivity contribution in [3.8, 4) is 5.75 Å². The summed E-state index contributed by atoms with van der Waals surface area (Å²) >= 11 is 0. The molecule has 1 unspecified atom stereocenters. The summed E-state index contributed by atoms with van der Waals surface area (Å²) in [5, 5.41) is 1.31. The van der Waals surface area contributed by atoms with Gasteiger partial charge in [-0.25, -0.2) is 20.0 Å². The fraction of sp³-hybridized carbons (Fsp3) is 0.652. The number of likely N-dealkylation sites (N-methyl/N-ethyl adjacent to an activating group) is 1. The molecule has 32 heavy (non-hydrogen) atoms. The molecular weight excluding hydrogens is 413 g/mol. The van der Waals surface area contributed by atoms with Crippen molar-refractivity contribution in [1.29, 1.82) is 0 Å². The van der Waals surface area contributed by atoms with Crippen LogP contribution in [0.5, 0.6) is 5.75 Å². The van der Waals surface area contributed by atoms with Gasteiger partial charge in [0.05, 0.1) is 35.4 Å². The van der Waals surface area contributed by atoms with Crippen LogP contribution in [0.4, 0.5) is 9.18 Å². The van der Waals surface area contributed by atoms with Crippen LogP contribution < -0.4 is 16.3 Å². The molecule has 1 heterocycles. The molecule has 178 valence electrons. The fourth-order valence-electron chi connectivity index (χ4n) is 3.93. The van der Waals surface area contributed by atoms with Crippen LogP contribution >= 0.6 is 0 Å². The molecule has 1 aromatic rings. The number of pyridine rings is 1. The van der Waals surface area contributed by atoms with Crippen LogP contribution in [0, 0.1) is 0 Å². The van der Waals surface area contributed by atoms with E-state index in [0.717, 1.165) is 37.1 Å². The molecular formula is C23H36FN5O3. The lowest BCUT2D eigenvalue weighted by Crippen LogP contribution is -2.35. The Bertz CT molecular complexity index is 820. The van der Waals surface area contributed by atoms with Crippen LogP contribution in [0.3, 0.4) is 0 Å². The molecule has 0 saturated heterocycles. The molecule has 4 N–H and O–H groups in total. The molecule has 0 bridgehead atoms. The number of alkyl halides is 1. The van der Waals surface area contributed by atoms with Crippen molar-refractivity contribution in [1.82, 2.24) is 14.9 Å². The minimum absolute atomic E-state index is 0.0550. The second kappa shape index (κ2) is 10.8. The Labute approximate surface area is 189 Å². The second-order valence-electron chi connectivity index (χ2n) is 8.92. The highest BCUT2D eigenvalue weighted by Crippen LogP contribution is 2.44. The minimum atomic E-state index is -1.15. The number of hydrazine groups is 1. The van der Waals surface area contributed by atoms with Crippen LogP contribution in [-0.2, 0) is 4.74 Å². The predicted octanol–water partition coefficient (Wildman–Crippen LogP) is 3.53. The molecule has 1 amide bonds. The number of hydrogen-bond donors (Lipinski definition) is 2. The van der Waals surface area contributed by atoms with E-state index in [1.165, 1.54) is 43.1 Å². The number of hydrogen-bond acceptors (Lipinski definition) is 7. The summed E-state index contributed by atoms with van der Waals surface area (Å²) in [4.78, 5) is 18.1. The van der Waals surface area contributed by atoms with Gasteiger partial charge in [-0.15, -0.1) is 0 Å². The number of halogens is 1. The van der Waals surface area contributed by atoms with Crippen molar-refractivity contribution in [2.45, 2.75) is 70.1 Å². The van der Waals surface area contributed by atoms with Gasteiger partial charge in [-0.1, -0.05) is 6.42 Å². The maximum absolute atomic E-state index is 13.2. The summed E-state index contributed by atoms with van der Waals surface area (Å²) in [6.07, 6.45) is 6.46. The number of amides is 1. The SMILES string of the molecule is CC(F)CN(C)C(=O)OC/C(=C(/N)c1ccc(OC2CCCCC2)c(C2CC2)n1)N(C)N. The molecule has 8 nitrogen and oxygen atoms in total. The van der Waals surface area contributed by atoms with E-state index in [1.54, 1.807) is 7.05 Å². The van der Waals surface area contributed by atoms with Crippen LogP contribution in [0.1, 0.15) is 69.2 Å². The van der Waals surface area contributed by atoms with Crippen molar-refractivity contribution < 1.29 is 18.7 Å². The lowest BCUT2D eigenvalue weighted by molar-refractivity contribution is 0.105. The largest absolute Gasteiger partial charge is 0.489 e. The van der Waals surface area contributed by atoms with Crippen LogP contribution in [0.25, 0.3) is 5.70 Å². The van der Waals surface area contributed by atoms with E-state index in [2.05, 4.69) is 0 Å². The Morgan fingerprint density at radius 1 is 1.22 bits per heavy atom. The first-order chi connectivity index (χ1) is 15.3. The van der Waals surface area contributed by atoms with E-state index >= 15 is 0 Å². The average Bonchev–Trinajstić information content (AvgIpc) is 3.59. The number of nitrogens with zero attached hydrogens (tertiary/aromatic N) is 3. The van der Waals surface area contributed by atoms with Gasteiger partial charge in [0.2, 0.25) is 0 Å². The van der Waals surface area contributed by atoms with Gasteiger partial charge in [0.25, 0.3) is 0 Å². The quantitative estimate of drug-likeness (QED) is 0.439. The smallest absolute Gasteiger partial charge is 0.409 e. The Kier molecular flexibility index (Phi) is 8.17. The fourth-order valence-corrected chi connectivity index (χ4v) is 3.93. The summed E-state index contributed by atoms with van der Waals surface area (Å²) in [5.74, 6) is 7.18. The first-order valence-corrected chi connectivity index (χ1v) is 11.4. The third-order valence-electron chi connectivity index (χ3n) is 5.88. The normalized spacial score (nSPS) is 18.5. The number of carbonyl (C=O) groups excluding carboxylic acids is 1. The van der Waals surface area contributed by atoms with Crippen molar-refractivity contribution in [2.24, 2.45) is 11.6 Å². The summed E-state index contributed by atoms with van der Waals surface area (Å²) < 4.78 is 24.8. The summed E-state index contributed by atoms with van der Waals surface area (Å²) in [6, 6.07) is 3.76. The van der Waals surface area contributed by atoms with E-state index in [4.69, 9.17) is 26.0 Å². The highest BCUT2D eigenvalue weighted by atomic mass is 19.1. The molecule has 0 radical (unpaired) electrons. The molecule has 2 aliphatic carbocycles. The summed E-state index contributed by atoms with van der Waals surface area (Å²) in [5.41, 5.74) is 8.64. The molecule has 1 atom stereocenters. The molecule has 2 fully saturated rings. The first kappa shape index (κ1) is 24.1. The molecule has 2 saturated carbocycles. The Balaban J connectivity index is 1.77. The van der Waals surface area contributed by atoms with Crippen molar-refractivity contribution in [2.75, 3.05) is 27.2 Å². The standard InChI is InChI=1S/C23H36FN5O3/c1-15(24)13-28(2)23(30)31-14-19(29(3)26)21(25)18-11-12-20(22(27-18)16-9-10-16)32-17-7-5-4-6-8-17/h11-12,15-17H,4-10,13-14,25-26H2,1-3H3/b21-19-. The lowest BCUT2D eigenvalue weighted by atomic mass is 9.98. The number of nitrogens with two attached hydrogens (primary N) is 2. The van der Waals surface area contributed by atoms with Gasteiger partial charge in [0, 0.05) is 20.0 Å². The van der Waals surface area contributed by atoms with E-state index in [0.29, 0.717) is 23.0 Å². The molecule has 0 aliphatic heterocycles. The topological polar surface area (TPSA) is 107 Å². The average molecular weight is 450 g/mol. The zero-order valence-electron chi connectivity index (χ0n) is 19.3. The maximum atomic E-state index is 13.2. The van der Waals surface area contributed by atoms with Crippen LogP contribution in [-0.4, -0.2) is 60.5 Å². The van der Waals surface area contributed by atoms with Gasteiger partial charge in [-0.05, 0) is 57.6 Å². The monoisotopic (exact) mass is 449 g/mol. The molecule has 2 aliphatic rings. The van der Waals surface area contributed by atoms with Gasteiger partial charge in [0.15, 0.2) is 0 Å². The third kappa shape index (κ3) is 6.48. The van der Waals surface area contributed by atoms with Crippen LogP contribution in [0.15, 0.2) is 17.8 Å². The molecule has 0 spiro atoms. The van der Waals surface area contributed by atoms with Gasteiger partial charge in [-0.3, -0.25) is 0 Å². The zero-order chi connectivity index (χ0) is 23.3. The first-order valence-electron chi connectivity index (χ1n) is 11.4. The van der Waals surface area contributed by atoms with Gasteiger partial charge in [-0.2, -0.15) is 0 Å². The third-order valence-corrected chi connectivity index (χ3v) is 5.88. The minimum Gasteiger partial charge on any atom is -0.489 e. The Hall–Kier alpha value is -2.55. The summed E-state index contributed by atoms with van der Waals surface area (Å²) in [6.45, 7) is 1.18. The van der Waals surface area contributed by atoms with E-state index in [1.807, 2.05) is 12.1 Å². The Morgan fingerprint density at radius 3 is 2.50 bits per heavy atom. The van der Waals surface area contributed by atoms with Gasteiger partial charge >= 0.3 is 6.09 Å². The van der Waals surface area contributed by atoms with E-state index < -0.39 is 12.3 Å². The van der Waals surface area contributed by atoms with E-state index in [-0.39, 0.29) is 19.3 Å². The molecule has 3 rings (SSSR count). The Morgan fingerprint density at radius 2 is 1.91 bits per heavy atom. The van der Waals surface area contributed by atoms with E-state index in [9.17, 15) is 9.18 Å². The van der Waals surface area contributed by atoms with Crippen molar-refractivity contribution in [3.63, 3.8) is 0 Å².